The summed E-state index contributed by atoms with van der Waals surface area (Å²) in [6, 6.07) is -0.365. The Morgan fingerprint density at radius 1 is 1.61 bits per heavy atom. The Morgan fingerprint density at radius 2 is 2.39 bits per heavy atom. The van der Waals surface area contributed by atoms with E-state index in [2.05, 4.69) is 10.5 Å². The van der Waals surface area contributed by atoms with Crippen LogP contribution in [0.5, 0.6) is 0 Å². The zero-order valence-corrected chi connectivity index (χ0v) is 11.4. The highest BCUT2D eigenvalue weighted by Crippen LogP contribution is 2.30. The molecule has 1 aliphatic rings. The highest BCUT2D eigenvalue weighted by molar-refractivity contribution is 7.92. The Bertz CT molecular complexity index is 497. The lowest BCUT2D eigenvalue weighted by molar-refractivity contribution is 0.453. The fourth-order valence-electron chi connectivity index (χ4n) is 2.49. The van der Waals surface area contributed by atoms with E-state index in [-0.39, 0.29) is 11.8 Å². The van der Waals surface area contributed by atoms with E-state index >= 15 is 0 Å². The maximum absolute atomic E-state index is 12.1. The third-order valence-corrected chi connectivity index (χ3v) is 5.80. The van der Waals surface area contributed by atoms with Gasteiger partial charge in [-0.3, -0.25) is 16.0 Å². The lowest BCUT2D eigenvalue weighted by atomic mass is 10.0. The Balaban J connectivity index is 2.27. The molecule has 18 heavy (non-hydrogen) atoms. The molecule has 0 saturated carbocycles. The molecule has 2 heterocycles. The van der Waals surface area contributed by atoms with Crippen molar-refractivity contribution in [2.75, 3.05) is 5.75 Å². The maximum atomic E-state index is 12.1. The summed E-state index contributed by atoms with van der Waals surface area (Å²) in [6.45, 7) is 2.74. The van der Waals surface area contributed by atoms with Crippen molar-refractivity contribution in [2.24, 2.45) is 5.84 Å². The first-order valence-corrected chi connectivity index (χ1v) is 8.00. The van der Waals surface area contributed by atoms with Gasteiger partial charge in [0.1, 0.15) is 0 Å². The number of rotatable bonds is 4. The molecule has 0 bridgehead atoms. The lowest BCUT2D eigenvalue weighted by Gasteiger charge is -2.28. The Hall–Kier alpha value is -0.920. The van der Waals surface area contributed by atoms with Gasteiger partial charge in [-0.15, -0.1) is 0 Å². The molecule has 0 radical (unpaired) electrons. The van der Waals surface area contributed by atoms with Gasteiger partial charge in [-0.1, -0.05) is 6.42 Å². The van der Waals surface area contributed by atoms with E-state index < -0.39 is 15.1 Å². The van der Waals surface area contributed by atoms with Gasteiger partial charge in [0.05, 0.1) is 23.2 Å². The second-order valence-electron chi connectivity index (χ2n) is 4.67. The van der Waals surface area contributed by atoms with E-state index in [9.17, 15) is 8.42 Å². The first-order valence-electron chi connectivity index (χ1n) is 6.28. The number of sulfone groups is 1. The number of nitrogens with two attached hydrogens (primary N) is 1. The topological polar surface area (TPSA) is 90.0 Å². The van der Waals surface area contributed by atoms with Gasteiger partial charge in [0.25, 0.3) is 0 Å². The number of nitrogens with zero attached hydrogens (tertiary/aromatic N) is 2. The SMILES string of the molecule is CCn1cc(C(NN)C2CCCCS2(=O)=O)cn1. The largest absolute Gasteiger partial charge is 0.273 e. The molecular formula is C11H20N4O2S. The van der Waals surface area contributed by atoms with Crippen LogP contribution in [0.25, 0.3) is 0 Å². The molecule has 0 amide bonds. The summed E-state index contributed by atoms with van der Waals surface area (Å²) in [7, 11) is -3.06. The van der Waals surface area contributed by atoms with Crippen LogP contribution in [-0.2, 0) is 16.4 Å². The zero-order chi connectivity index (χ0) is 13.2. The van der Waals surface area contributed by atoms with Gasteiger partial charge < -0.3 is 0 Å². The molecular weight excluding hydrogens is 252 g/mol. The quantitative estimate of drug-likeness (QED) is 0.610. The van der Waals surface area contributed by atoms with Crippen LogP contribution in [0, 0.1) is 0 Å². The van der Waals surface area contributed by atoms with Crippen LogP contribution < -0.4 is 11.3 Å². The number of hydrogen-bond acceptors (Lipinski definition) is 5. The van der Waals surface area contributed by atoms with Crippen LogP contribution in [0.1, 0.15) is 37.8 Å². The molecule has 0 spiro atoms. The van der Waals surface area contributed by atoms with Crippen LogP contribution in [0.3, 0.4) is 0 Å². The molecule has 1 aromatic rings. The van der Waals surface area contributed by atoms with Crippen LogP contribution in [0.2, 0.25) is 0 Å². The molecule has 3 N–H and O–H groups in total. The number of aromatic nitrogens is 2. The molecule has 2 atom stereocenters. The van der Waals surface area contributed by atoms with E-state index in [1.807, 2.05) is 13.1 Å². The minimum Gasteiger partial charge on any atom is -0.273 e. The number of hydrogen-bond donors (Lipinski definition) is 2. The summed E-state index contributed by atoms with van der Waals surface area (Å²) in [5.74, 6) is 5.82. The van der Waals surface area contributed by atoms with E-state index in [0.29, 0.717) is 6.42 Å². The van der Waals surface area contributed by atoms with E-state index in [1.54, 1.807) is 10.9 Å². The standard InChI is InChI=1S/C11H20N4O2S/c1-2-15-8-9(7-13-15)11(14-12)10-5-3-4-6-18(10,16)17/h7-8,10-11,14H,2-6,12H2,1H3. The van der Waals surface area contributed by atoms with Gasteiger partial charge in [0.15, 0.2) is 9.84 Å². The third kappa shape index (κ3) is 2.57. The molecule has 1 saturated heterocycles. The predicted octanol–water partition coefficient (Wildman–Crippen LogP) is 0.375. The molecule has 1 aliphatic heterocycles. The second kappa shape index (κ2) is 5.38. The van der Waals surface area contributed by atoms with Crippen molar-refractivity contribution in [1.82, 2.24) is 15.2 Å². The highest BCUT2D eigenvalue weighted by atomic mass is 32.2. The molecule has 2 unspecified atom stereocenters. The smallest absolute Gasteiger partial charge is 0.155 e. The Labute approximate surface area is 107 Å². The summed E-state index contributed by atoms with van der Waals surface area (Å²) < 4.78 is 26.0. The maximum Gasteiger partial charge on any atom is 0.155 e. The average Bonchev–Trinajstić information content (AvgIpc) is 2.80. The minimum atomic E-state index is -3.06. The summed E-state index contributed by atoms with van der Waals surface area (Å²) in [6.07, 6.45) is 5.90. The summed E-state index contributed by atoms with van der Waals surface area (Å²) >= 11 is 0. The van der Waals surface area contributed by atoms with Gasteiger partial charge in [0, 0.05) is 18.3 Å². The number of nitrogens with one attached hydrogen (secondary N) is 1. The Morgan fingerprint density at radius 3 is 2.94 bits per heavy atom. The van der Waals surface area contributed by atoms with Gasteiger partial charge in [-0.2, -0.15) is 5.10 Å². The molecule has 2 rings (SSSR count). The van der Waals surface area contributed by atoms with Crippen molar-refractivity contribution in [3.8, 4) is 0 Å². The van der Waals surface area contributed by atoms with Gasteiger partial charge in [-0.25, -0.2) is 8.42 Å². The van der Waals surface area contributed by atoms with Crippen LogP contribution >= 0.6 is 0 Å². The molecule has 1 fully saturated rings. The monoisotopic (exact) mass is 272 g/mol. The second-order valence-corrected chi connectivity index (χ2v) is 7.01. The molecule has 7 heteroatoms. The predicted molar refractivity (Wildman–Crippen MR) is 69.4 cm³/mol. The van der Waals surface area contributed by atoms with Gasteiger partial charge >= 0.3 is 0 Å². The van der Waals surface area contributed by atoms with Crippen LogP contribution in [0.15, 0.2) is 12.4 Å². The fraction of sp³-hybridized carbons (Fsp3) is 0.727. The van der Waals surface area contributed by atoms with E-state index in [4.69, 9.17) is 5.84 Å². The van der Waals surface area contributed by atoms with Gasteiger partial charge in [-0.05, 0) is 19.8 Å². The minimum absolute atomic E-state index is 0.262. The van der Waals surface area contributed by atoms with Crippen molar-refractivity contribution in [3.63, 3.8) is 0 Å². The summed E-state index contributed by atoms with van der Waals surface area (Å²) in [4.78, 5) is 0. The first-order chi connectivity index (χ1) is 8.58. The normalized spacial score (nSPS) is 24.9. The summed E-state index contributed by atoms with van der Waals surface area (Å²) in [5.41, 5.74) is 3.49. The fourth-order valence-corrected chi connectivity index (χ4v) is 4.57. The molecule has 0 aromatic carbocycles. The molecule has 102 valence electrons. The first kappa shape index (κ1) is 13.5. The lowest BCUT2D eigenvalue weighted by Crippen LogP contribution is -2.43. The molecule has 0 aliphatic carbocycles. The van der Waals surface area contributed by atoms with Crippen LogP contribution in [-0.4, -0.2) is 29.2 Å². The number of hydrazine groups is 1. The Kier molecular flexibility index (Phi) is 4.04. The molecule has 1 aromatic heterocycles. The van der Waals surface area contributed by atoms with Crippen molar-refractivity contribution < 1.29 is 8.42 Å². The summed E-state index contributed by atoms with van der Waals surface area (Å²) in [5, 5.41) is 3.73. The van der Waals surface area contributed by atoms with Crippen molar-refractivity contribution >= 4 is 9.84 Å². The van der Waals surface area contributed by atoms with Crippen LogP contribution in [0.4, 0.5) is 0 Å². The highest BCUT2D eigenvalue weighted by Gasteiger charge is 2.36. The van der Waals surface area contributed by atoms with E-state index in [1.165, 1.54) is 0 Å². The number of aryl methyl sites for hydroxylation is 1. The van der Waals surface area contributed by atoms with Crippen molar-refractivity contribution in [3.05, 3.63) is 18.0 Å². The van der Waals surface area contributed by atoms with E-state index in [0.717, 1.165) is 24.9 Å². The average molecular weight is 272 g/mol. The van der Waals surface area contributed by atoms with Crippen molar-refractivity contribution in [1.29, 1.82) is 0 Å². The van der Waals surface area contributed by atoms with Gasteiger partial charge in [0.2, 0.25) is 0 Å². The zero-order valence-electron chi connectivity index (χ0n) is 10.5. The molecule has 6 nitrogen and oxygen atoms in total. The van der Waals surface area contributed by atoms with Crippen molar-refractivity contribution in [2.45, 2.75) is 44.0 Å². The third-order valence-electron chi connectivity index (χ3n) is 3.52.